The Kier molecular flexibility index (Phi) is 4.38. The molecule has 2 N–H and O–H groups in total. The minimum Gasteiger partial charge on any atom is -0.345 e. The Hall–Kier alpha value is -3.54. The van der Waals surface area contributed by atoms with Crippen LogP contribution in [0.2, 0.25) is 0 Å². The van der Waals surface area contributed by atoms with E-state index in [0.29, 0.717) is 22.6 Å². The molecule has 4 rings (SSSR count). The Morgan fingerprint density at radius 1 is 0.963 bits per heavy atom. The fourth-order valence-corrected chi connectivity index (χ4v) is 2.98. The number of aromatic nitrogens is 2. The molecule has 6 heteroatoms. The van der Waals surface area contributed by atoms with Gasteiger partial charge in [-0.05, 0) is 42.5 Å². The molecule has 2 aromatic heterocycles. The maximum absolute atomic E-state index is 13.8. The third kappa shape index (κ3) is 3.29. The SMILES string of the molecule is O=C(NCc1ccccc1F)c1[nH]c(-c2ccc(F)cc2)[n+]2ccccc12. The van der Waals surface area contributed by atoms with E-state index in [9.17, 15) is 13.6 Å². The summed E-state index contributed by atoms with van der Waals surface area (Å²) in [4.78, 5) is 15.8. The molecule has 0 atom stereocenters. The van der Waals surface area contributed by atoms with Crippen LogP contribution in [0.15, 0.2) is 72.9 Å². The van der Waals surface area contributed by atoms with Crippen molar-refractivity contribution in [2.75, 3.05) is 0 Å². The van der Waals surface area contributed by atoms with E-state index < -0.39 is 0 Å². The maximum atomic E-state index is 13.8. The lowest BCUT2D eigenvalue weighted by atomic mass is 10.2. The van der Waals surface area contributed by atoms with Crippen LogP contribution in [-0.4, -0.2) is 10.9 Å². The number of hydrogen-bond acceptors (Lipinski definition) is 1. The Balaban J connectivity index is 1.68. The zero-order valence-electron chi connectivity index (χ0n) is 14.2. The van der Waals surface area contributed by atoms with E-state index >= 15 is 0 Å². The molecule has 0 bridgehead atoms. The highest BCUT2D eigenvalue weighted by molar-refractivity contribution is 5.98. The number of fused-ring (bicyclic) bond motifs is 1. The van der Waals surface area contributed by atoms with E-state index in [0.717, 1.165) is 5.56 Å². The molecule has 0 aliphatic carbocycles. The summed E-state index contributed by atoms with van der Waals surface area (Å²) in [7, 11) is 0. The number of imidazole rings is 1. The molecular weight excluding hydrogens is 348 g/mol. The number of pyridine rings is 1. The molecule has 0 spiro atoms. The van der Waals surface area contributed by atoms with Crippen LogP contribution in [0.5, 0.6) is 0 Å². The van der Waals surface area contributed by atoms with Crippen LogP contribution in [0, 0.1) is 11.6 Å². The number of hydrogen-bond donors (Lipinski definition) is 2. The lowest BCUT2D eigenvalue weighted by Gasteiger charge is -2.03. The number of halogens is 2. The predicted octanol–water partition coefficient (Wildman–Crippen LogP) is 3.63. The lowest BCUT2D eigenvalue weighted by molar-refractivity contribution is -0.498. The molecule has 0 fully saturated rings. The number of carbonyl (C=O) groups is 1. The first kappa shape index (κ1) is 16.9. The fraction of sp³-hybridized carbons (Fsp3) is 0.0476. The Morgan fingerprint density at radius 2 is 1.70 bits per heavy atom. The summed E-state index contributed by atoms with van der Waals surface area (Å²) in [5.41, 5.74) is 2.17. The molecule has 0 saturated heterocycles. The van der Waals surface area contributed by atoms with Crippen LogP contribution in [0.3, 0.4) is 0 Å². The van der Waals surface area contributed by atoms with Gasteiger partial charge in [-0.15, -0.1) is 0 Å². The third-order valence-electron chi connectivity index (χ3n) is 4.34. The largest absolute Gasteiger partial charge is 0.345 e. The highest BCUT2D eigenvalue weighted by Gasteiger charge is 2.24. The van der Waals surface area contributed by atoms with Gasteiger partial charge in [-0.1, -0.05) is 24.3 Å². The number of nitrogens with zero attached hydrogens (tertiary/aromatic N) is 1. The molecule has 0 unspecified atom stereocenters. The van der Waals surface area contributed by atoms with Gasteiger partial charge in [-0.3, -0.25) is 4.79 Å². The average molecular weight is 364 g/mol. The Labute approximate surface area is 154 Å². The van der Waals surface area contributed by atoms with E-state index in [1.807, 2.05) is 28.8 Å². The molecule has 0 saturated carbocycles. The van der Waals surface area contributed by atoms with Crippen molar-refractivity contribution in [3.05, 3.63) is 95.8 Å². The summed E-state index contributed by atoms with van der Waals surface area (Å²) >= 11 is 0. The standard InChI is InChI=1S/C21H15F2N3O/c22-16-10-8-14(9-11-16)20-25-19(18-7-3-4-12-26(18)20)21(27)24-13-15-5-1-2-6-17(15)23/h1-12H,13H2,(H,24,27)/p+1. The summed E-state index contributed by atoms with van der Waals surface area (Å²) in [6.45, 7) is 0.0788. The van der Waals surface area contributed by atoms with Crippen molar-refractivity contribution >= 4 is 11.4 Å². The second-order valence-electron chi connectivity index (χ2n) is 6.09. The van der Waals surface area contributed by atoms with Crippen LogP contribution in [0.4, 0.5) is 8.78 Å². The second kappa shape index (κ2) is 6.99. The van der Waals surface area contributed by atoms with Gasteiger partial charge in [0, 0.05) is 12.1 Å². The topological polar surface area (TPSA) is 49.0 Å². The molecule has 4 aromatic rings. The molecule has 134 valence electrons. The van der Waals surface area contributed by atoms with Crippen molar-refractivity contribution < 1.29 is 18.0 Å². The van der Waals surface area contributed by atoms with Crippen LogP contribution in [0.1, 0.15) is 16.1 Å². The van der Waals surface area contributed by atoms with Crippen LogP contribution in [0.25, 0.3) is 16.9 Å². The molecule has 4 nitrogen and oxygen atoms in total. The van der Waals surface area contributed by atoms with Crippen LogP contribution >= 0.6 is 0 Å². The van der Waals surface area contributed by atoms with Gasteiger partial charge in [0.25, 0.3) is 11.7 Å². The first-order chi connectivity index (χ1) is 13.1. The fourth-order valence-electron chi connectivity index (χ4n) is 2.98. The zero-order chi connectivity index (χ0) is 18.8. The van der Waals surface area contributed by atoms with E-state index in [2.05, 4.69) is 10.3 Å². The number of nitrogens with one attached hydrogen (secondary N) is 2. The van der Waals surface area contributed by atoms with Crippen LogP contribution < -0.4 is 9.72 Å². The molecule has 2 heterocycles. The van der Waals surface area contributed by atoms with Gasteiger partial charge in [0.15, 0.2) is 5.52 Å². The number of H-pyrrole nitrogens is 1. The number of aromatic amines is 1. The predicted molar refractivity (Wildman–Crippen MR) is 96.9 cm³/mol. The smallest absolute Gasteiger partial charge is 0.295 e. The number of amides is 1. The lowest BCUT2D eigenvalue weighted by Crippen LogP contribution is -2.25. The summed E-state index contributed by atoms with van der Waals surface area (Å²) in [5.74, 6) is -0.394. The summed E-state index contributed by atoms with van der Waals surface area (Å²) in [5, 5.41) is 2.74. The highest BCUT2D eigenvalue weighted by atomic mass is 19.1. The van der Waals surface area contributed by atoms with Gasteiger partial charge in [-0.25, -0.2) is 13.8 Å². The molecule has 1 amide bonds. The zero-order valence-corrected chi connectivity index (χ0v) is 14.2. The molecule has 2 aromatic carbocycles. The van der Waals surface area contributed by atoms with Crippen LogP contribution in [-0.2, 0) is 6.54 Å². The molecular formula is C21H16F2N3O+. The van der Waals surface area contributed by atoms with Crippen molar-refractivity contribution in [3.8, 4) is 11.4 Å². The Morgan fingerprint density at radius 3 is 2.48 bits per heavy atom. The first-order valence-corrected chi connectivity index (χ1v) is 8.43. The van der Waals surface area contributed by atoms with E-state index in [1.54, 1.807) is 30.3 Å². The van der Waals surface area contributed by atoms with Crippen molar-refractivity contribution in [2.45, 2.75) is 6.54 Å². The first-order valence-electron chi connectivity index (χ1n) is 8.43. The second-order valence-corrected chi connectivity index (χ2v) is 6.09. The van der Waals surface area contributed by atoms with Gasteiger partial charge in [0.05, 0.1) is 11.8 Å². The summed E-state index contributed by atoms with van der Waals surface area (Å²) in [6, 6.07) is 17.8. The third-order valence-corrected chi connectivity index (χ3v) is 4.34. The molecule has 0 radical (unpaired) electrons. The highest BCUT2D eigenvalue weighted by Crippen LogP contribution is 2.18. The van der Waals surface area contributed by atoms with E-state index in [4.69, 9.17) is 0 Å². The number of benzene rings is 2. The van der Waals surface area contributed by atoms with Crippen molar-refractivity contribution in [2.24, 2.45) is 0 Å². The van der Waals surface area contributed by atoms with Gasteiger partial charge < -0.3 is 5.32 Å². The van der Waals surface area contributed by atoms with Crippen molar-refractivity contribution in [1.29, 1.82) is 0 Å². The van der Waals surface area contributed by atoms with E-state index in [-0.39, 0.29) is 24.1 Å². The molecule has 0 aliphatic rings. The van der Waals surface area contributed by atoms with Gasteiger partial charge in [0.1, 0.15) is 11.6 Å². The number of rotatable bonds is 4. The molecule has 27 heavy (non-hydrogen) atoms. The summed E-state index contributed by atoms with van der Waals surface area (Å²) < 4.78 is 28.8. The van der Waals surface area contributed by atoms with Gasteiger partial charge in [0.2, 0.25) is 5.69 Å². The monoisotopic (exact) mass is 364 g/mol. The Bertz CT molecular complexity index is 1120. The molecule has 0 aliphatic heterocycles. The summed E-state index contributed by atoms with van der Waals surface area (Å²) in [6.07, 6.45) is 1.82. The maximum Gasteiger partial charge on any atom is 0.295 e. The van der Waals surface area contributed by atoms with Gasteiger partial charge >= 0.3 is 0 Å². The van der Waals surface area contributed by atoms with Crippen molar-refractivity contribution in [1.82, 2.24) is 10.3 Å². The van der Waals surface area contributed by atoms with Gasteiger partial charge in [-0.2, -0.15) is 4.40 Å². The number of carbonyl (C=O) groups excluding carboxylic acids is 1. The van der Waals surface area contributed by atoms with E-state index in [1.165, 1.54) is 18.2 Å². The minimum absolute atomic E-state index is 0.0788. The van der Waals surface area contributed by atoms with Crippen molar-refractivity contribution in [3.63, 3.8) is 0 Å². The average Bonchev–Trinajstić information content (AvgIpc) is 3.08. The normalized spacial score (nSPS) is 10.9. The quantitative estimate of drug-likeness (QED) is 0.534. The minimum atomic E-state index is -0.365.